The lowest BCUT2D eigenvalue weighted by molar-refractivity contribution is -0.163. The fourth-order valence-electron chi connectivity index (χ4n) is 2.07. The number of esters is 1. The second kappa shape index (κ2) is 7.21. The normalized spacial score (nSPS) is 18.8. The van der Waals surface area contributed by atoms with Gasteiger partial charge in [0.05, 0.1) is 19.3 Å². The second-order valence-corrected chi connectivity index (χ2v) is 4.61. The average Bonchev–Trinajstić information content (AvgIpc) is 2.49. The van der Waals surface area contributed by atoms with Crippen molar-refractivity contribution in [3.8, 4) is 0 Å². The maximum absolute atomic E-state index is 11.7. The summed E-state index contributed by atoms with van der Waals surface area (Å²) in [5, 5.41) is 0. The Kier molecular flexibility index (Phi) is 5.31. The van der Waals surface area contributed by atoms with E-state index in [1.807, 2.05) is 0 Å². The zero-order valence-electron chi connectivity index (χ0n) is 11.5. The van der Waals surface area contributed by atoms with Crippen molar-refractivity contribution in [1.82, 2.24) is 4.57 Å². The van der Waals surface area contributed by atoms with Gasteiger partial charge >= 0.3 is 5.97 Å². The van der Waals surface area contributed by atoms with E-state index in [1.165, 1.54) is 30.0 Å². The summed E-state index contributed by atoms with van der Waals surface area (Å²) in [5.41, 5.74) is 0.173. The lowest BCUT2D eigenvalue weighted by atomic mass is 10.2. The number of hydrogen-bond donors (Lipinski definition) is 0. The first-order chi connectivity index (χ1) is 9.70. The SMILES string of the molecule is COC(=O)c1ccc(=O)n(CCOC2CCCCO2)c1. The van der Waals surface area contributed by atoms with Gasteiger partial charge in [-0.05, 0) is 25.3 Å². The number of carbonyl (C=O) groups is 1. The highest BCUT2D eigenvalue weighted by atomic mass is 16.7. The van der Waals surface area contributed by atoms with Gasteiger partial charge in [0.2, 0.25) is 0 Å². The average molecular weight is 281 g/mol. The summed E-state index contributed by atoms with van der Waals surface area (Å²) in [6.45, 7) is 1.47. The monoisotopic (exact) mass is 281 g/mol. The number of methoxy groups -OCH3 is 1. The highest BCUT2D eigenvalue weighted by molar-refractivity contribution is 5.88. The molecule has 0 N–H and O–H groups in total. The van der Waals surface area contributed by atoms with E-state index in [4.69, 9.17) is 9.47 Å². The zero-order valence-corrected chi connectivity index (χ0v) is 11.5. The molecular formula is C14H19NO5. The van der Waals surface area contributed by atoms with Gasteiger partial charge in [0.15, 0.2) is 6.29 Å². The van der Waals surface area contributed by atoms with Gasteiger partial charge in [-0.25, -0.2) is 4.79 Å². The minimum Gasteiger partial charge on any atom is -0.465 e. The van der Waals surface area contributed by atoms with Gasteiger partial charge in [0, 0.05) is 25.4 Å². The maximum atomic E-state index is 11.7. The Labute approximate surface area is 117 Å². The summed E-state index contributed by atoms with van der Waals surface area (Å²) >= 11 is 0. The number of nitrogens with zero attached hydrogens (tertiary/aromatic N) is 1. The number of carbonyl (C=O) groups excluding carboxylic acids is 1. The highest BCUT2D eigenvalue weighted by Gasteiger charge is 2.14. The van der Waals surface area contributed by atoms with E-state index in [-0.39, 0.29) is 11.8 Å². The Bertz CT molecular complexity index is 505. The van der Waals surface area contributed by atoms with Crippen molar-refractivity contribution in [3.05, 3.63) is 34.2 Å². The van der Waals surface area contributed by atoms with Crippen molar-refractivity contribution in [3.63, 3.8) is 0 Å². The molecule has 1 aromatic rings. The lowest BCUT2D eigenvalue weighted by Crippen LogP contribution is -2.27. The Morgan fingerprint density at radius 1 is 1.45 bits per heavy atom. The maximum Gasteiger partial charge on any atom is 0.339 e. The Morgan fingerprint density at radius 2 is 2.30 bits per heavy atom. The number of ether oxygens (including phenoxy) is 3. The molecule has 1 aromatic heterocycles. The summed E-state index contributed by atoms with van der Waals surface area (Å²) in [7, 11) is 1.31. The Hall–Kier alpha value is -1.66. The summed E-state index contributed by atoms with van der Waals surface area (Å²) in [4.78, 5) is 23.1. The molecule has 1 fully saturated rings. The lowest BCUT2D eigenvalue weighted by Gasteiger charge is -2.22. The van der Waals surface area contributed by atoms with Crippen LogP contribution < -0.4 is 5.56 Å². The molecule has 0 bridgehead atoms. The minimum absolute atomic E-state index is 0.175. The molecule has 110 valence electrons. The fraction of sp³-hybridized carbons (Fsp3) is 0.571. The molecular weight excluding hydrogens is 262 g/mol. The van der Waals surface area contributed by atoms with Crippen LogP contribution in [0.3, 0.4) is 0 Å². The molecule has 1 saturated heterocycles. The first-order valence-corrected chi connectivity index (χ1v) is 6.73. The molecule has 0 spiro atoms. The molecule has 2 heterocycles. The topological polar surface area (TPSA) is 66.8 Å². The van der Waals surface area contributed by atoms with Crippen LogP contribution in [0.1, 0.15) is 29.6 Å². The molecule has 1 unspecified atom stereocenters. The summed E-state index contributed by atoms with van der Waals surface area (Å²) in [6.07, 6.45) is 4.36. The first kappa shape index (κ1) is 14.7. The standard InChI is InChI=1S/C14H19NO5/c1-18-14(17)11-5-6-12(16)15(10-11)7-9-20-13-4-2-3-8-19-13/h5-6,10,13H,2-4,7-9H2,1H3. The molecule has 0 aliphatic carbocycles. The van der Waals surface area contributed by atoms with E-state index in [2.05, 4.69) is 4.74 Å². The molecule has 0 aromatic carbocycles. The van der Waals surface area contributed by atoms with Gasteiger partial charge in [-0.3, -0.25) is 4.79 Å². The van der Waals surface area contributed by atoms with Crippen LogP contribution in [0.25, 0.3) is 0 Å². The van der Waals surface area contributed by atoms with Gasteiger partial charge in [-0.2, -0.15) is 0 Å². The molecule has 0 amide bonds. The number of rotatable bonds is 5. The quantitative estimate of drug-likeness (QED) is 0.758. The molecule has 6 nitrogen and oxygen atoms in total. The first-order valence-electron chi connectivity index (χ1n) is 6.73. The third-order valence-electron chi connectivity index (χ3n) is 3.18. The van der Waals surface area contributed by atoms with Gasteiger partial charge in [-0.15, -0.1) is 0 Å². The van der Waals surface area contributed by atoms with E-state index in [1.54, 1.807) is 0 Å². The Morgan fingerprint density at radius 3 is 3.00 bits per heavy atom. The van der Waals surface area contributed by atoms with Gasteiger partial charge in [0.1, 0.15) is 0 Å². The van der Waals surface area contributed by atoms with Crippen molar-refractivity contribution in [2.45, 2.75) is 32.1 Å². The van der Waals surface area contributed by atoms with Crippen molar-refractivity contribution in [2.75, 3.05) is 20.3 Å². The molecule has 1 aliphatic heterocycles. The molecule has 6 heteroatoms. The van der Waals surface area contributed by atoms with Crippen LogP contribution in [0, 0.1) is 0 Å². The van der Waals surface area contributed by atoms with Crippen LogP contribution in [0.4, 0.5) is 0 Å². The van der Waals surface area contributed by atoms with Crippen molar-refractivity contribution in [1.29, 1.82) is 0 Å². The van der Waals surface area contributed by atoms with Crippen LogP contribution in [0.5, 0.6) is 0 Å². The van der Waals surface area contributed by atoms with Crippen LogP contribution in [0.2, 0.25) is 0 Å². The van der Waals surface area contributed by atoms with E-state index >= 15 is 0 Å². The van der Waals surface area contributed by atoms with Crippen molar-refractivity contribution >= 4 is 5.97 Å². The van der Waals surface area contributed by atoms with Crippen molar-refractivity contribution in [2.24, 2.45) is 0 Å². The molecule has 1 atom stereocenters. The molecule has 2 rings (SSSR count). The van der Waals surface area contributed by atoms with E-state index < -0.39 is 5.97 Å². The number of hydrogen-bond acceptors (Lipinski definition) is 5. The molecule has 1 aliphatic rings. The van der Waals surface area contributed by atoms with Gasteiger partial charge in [0.25, 0.3) is 5.56 Å². The summed E-state index contributed by atoms with van der Waals surface area (Å²) in [6, 6.07) is 2.80. The number of pyridine rings is 1. The second-order valence-electron chi connectivity index (χ2n) is 4.61. The van der Waals surface area contributed by atoms with Crippen LogP contribution in [0.15, 0.2) is 23.1 Å². The third kappa shape index (κ3) is 3.91. The summed E-state index contributed by atoms with van der Waals surface area (Å²) < 4.78 is 17.1. The molecule has 0 radical (unpaired) electrons. The highest BCUT2D eigenvalue weighted by Crippen LogP contribution is 2.13. The third-order valence-corrected chi connectivity index (χ3v) is 3.18. The van der Waals surface area contributed by atoms with E-state index in [0.29, 0.717) is 18.7 Å². The Balaban J connectivity index is 1.91. The zero-order chi connectivity index (χ0) is 14.4. The number of aromatic nitrogens is 1. The molecule has 0 saturated carbocycles. The van der Waals surface area contributed by atoms with Gasteiger partial charge in [-0.1, -0.05) is 0 Å². The summed E-state index contributed by atoms with van der Waals surface area (Å²) in [5.74, 6) is -0.463. The predicted molar refractivity (Wildman–Crippen MR) is 71.6 cm³/mol. The van der Waals surface area contributed by atoms with Crippen LogP contribution in [-0.4, -0.2) is 37.1 Å². The molecule has 20 heavy (non-hydrogen) atoms. The smallest absolute Gasteiger partial charge is 0.339 e. The predicted octanol–water partition coefficient (Wildman–Crippen LogP) is 1.18. The van der Waals surface area contributed by atoms with Crippen molar-refractivity contribution < 1.29 is 19.0 Å². The fourth-order valence-corrected chi connectivity index (χ4v) is 2.07. The minimum atomic E-state index is -0.463. The van der Waals surface area contributed by atoms with E-state index in [9.17, 15) is 9.59 Å². The van der Waals surface area contributed by atoms with Gasteiger partial charge < -0.3 is 18.8 Å². The van der Waals surface area contributed by atoms with Crippen LogP contribution >= 0.6 is 0 Å². The van der Waals surface area contributed by atoms with Crippen LogP contribution in [-0.2, 0) is 20.8 Å². The van der Waals surface area contributed by atoms with E-state index in [0.717, 1.165) is 25.9 Å². The largest absolute Gasteiger partial charge is 0.465 e.